The number of nitrogens with zero attached hydrogens (tertiary/aromatic N) is 1. The number of hydrogen-bond acceptors (Lipinski definition) is 4. The molecule has 20 heavy (non-hydrogen) atoms. The molecular weight excluding hydrogens is 269 g/mol. The molecule has 2 aromatic carbocycles. The van der Waals surface area contributed by atoms with Crippen molar-refractivity contribution in [3.8, 4) is 11.5 Å². The van der Waals surface area contributed by atoms with Gasteiger partial charge in [-0.2, -0.15) is 0 Å². The van der Waals surface area contributed by atoms with E-state index in [9.17, 15) is 19.3 Å². The van der Waals surface area contributed by atoms with Crippen LogP contribution in [0, 0.1) is 15.9 Å². The van der Waals surface area contributed by atoms with Gasteiger partial charge in [-0.3, -0.25) is 10.1 Å². The van der Waals surface area contributed by atoms with Crippen LogP contribution in [0.1, 0.15) is 10.4 Å². The predicted octanol–water partition coefficient (Wildman–Crippen LogP) is 3.22. The molecule has 0 aliphatic carbocycles. The number of nitro groups is 1. The number of carboxylic acids is 1. The van der Waals surface area contributed by atoms with Crippen LogP contribution in [0.5, 0.6) is 11.5 Å². The lowest BCUT2D eigenvalue weighted by molar-refractivity contribution is -0.384. The van der Waals surface area contributed by atoms with Crippen LogP contribution in [0.4, 0.5) is 10.1 Å². The van der Waals surface area contributed by atoms with Gasteiger partial charge >= 0.3 is 5.97 Å². The zero-order valence-electron chi connectivity index (χ0n) is 9.95. The van der Waals surface area contributed by atoms with Crippen LogP contribution < -0.4 is 4.74 Å². The van der Waals surface area contributed by atoms with Crippen molar-refractivity contribution in [3.05, 3.63) is 64.0 Å². The zero-order valence-corrected chi connectivity index (χ0v) is 9.95. The number of halogens is 1. The van der Waals surface area contributed by atoms with E-state index >= 15 is 0 Å². The van der Waals surface area contributed by atoms with Gasteiger partial charge in [-0.25, -0.2) is 9.18 Å². The molecule has 0 saturated carbocycles. The van der Waals surface area contributed by atoms with Crippen molar-refractivity contribution < 1.29 is 24.0 Å². The lowest BCUT2D eigenvalue weighted by Crippen LogP contribution is -1.98. The minimum Gasteiger partial charge on any atom is -0.478 e. The molecular formula is C13H8FNO5. The van der Waals surface area contributed by atoms with Crippen molar-refractivity contribution in [3.63, 3.8) is 0 Å². The Bertz CT molecular complexity index is 686. The van der Waals surface area contributed by atoms with Crippen LogP contribution in [0.25, 0.3) is 0 Å². The molecule has 0 bridgehead atoms. The van der Waals surface area contributed by atoms with Gasteiger partial charge < -0.3 is 9.84 Å². The van der Waals surface area contributed by atoms with E-state index < -0.39 is 16.7 Å². The lowest BCUT2D eigenvalue weighted by Gasteiger charge is -2.07. The van der Waals surface area contributed by atoms with Gasteiger partial charge in [0.1, 0.15) is 5.75 Å². The smallest absolute Gasteiger partial charge is 0.335 e. The molecule has 0 saturated heterocycles. The third kappa shape index (κ3) is 2.89. The van der Waals surface area contributed by atoms with Crippen LogP contribution in [0.15, 0.2) is 42.5 Å². The summed E-state index contributed by atoms with van der Waals surface area (Å²) in [6.07, 6.45) is 0. The second-order valence-electron chi connectivity index (χ2n) is 3.81. The average Bonchev–Trinajstić information content (AvgIpc) is 2.41. The largest absolute Gasteiger partial charge is 0.478 e. The summed E-state index contributed by atoms with van der Waals surface area (Å²) in [6, 6.07) is 8.39. The first-order valence-corrected chi connectivity index (χ1v) is 5.42. The quantitative estimate of drug-likeness (QED) is 0.684. The van der Waals surface area contributed by atoms with Crippen LogP contribution in [-0.2, 0) is 0 Å². The SMILES string of the molecule is O=C(O)c1ccc(Oc2cccc([N+](=O)[O-])c2)c(F)c1. The minimum absolute atomic E-state index is 0.0844. The molecule has 0 aliphatic rings. The van der Waals surface area contributed by atoms with Crippen LogP contribution in [-0.4, -0.2) is 16.0 Å². The second kappa shape index (κ2) is 5.35. The number of carboxylic acid groups (broad SMARTS) is 1. The van der Waals surface area contributed by atoms with Gasteiger partial charge in [-0.05, 0) is 24.3 Å². The molecule has 0 unspecified atom stereocenters. The summed E-state index contributed by atoms with van der Waals surface area (Å²) in [5.41, 5.74) is -0.404. The monoisotopic (exact) mass is 277 g/mol. The highest BCUT2D eigenvalue weighted by atomic mass is 19.1. The standard InChI is InChI=1S/C13H8FNO5/c14-11-6-8(13(16)17)4-5-12(11)20-10-3-1-2-9(7-10)15(18)19/h1-7H,(H,16,17). The highest BCUT2D eigenvalue weighted by Gasteiger charge is 2.12. The summed E-state index contributed by atoms with van der Waals surface area (Å²) < 4.78 is 18.8. The molecule has 6 nitrogen and oxygen atoms in total. The summed E-state index contributed by atoms with van der Waals surface area (Å²) >= 11 is 0. The van der Waals surface area contributed by atoms with Gasteiger partial charge in [0.2, 0.25) is 0 Å². The van der Waals surface area contributed by atoms with Crippen LogP contribution in [0.2, 0.25) is 0 Å². The summed E-state index contributed by atoms with van der Waals surface area (Å²) in [5, 5.41) is 19.3. The molecule has 0 aliphatic heterocycles. The van der Waals surface area contributed by atoms with Crippen LogP contribution in [0.3, 0.4) is 0 Å². The number of aromatic carboxylic acids is 1. The van der Waals surface area contributed by atoms with E-state index in [-0.39, 0.29) is 22.7 Å². The molecule has 0 atom stereocenters. The number of rotatable bonds is 4. The third-order valence-corrected chi connectivity index (χ3v) is 2.44. The molecule has 0 amide bonds. The van der Waals surface area contributed by atoms with Gasteiger partial charge in [0.05, 0.1) is 16.6 Å². The Hall–Kier alpha value is -2.96. The molecule has 2 rings (SSSR count). The Morgan fingerprint density at radius 1 is 1.25 bits per heavy atom. The molecule has 0 spiro atoms. The topological polar surface area (TPSA) is 89.7 Å². The second-order valence-corrected chi connectivity index (χ2v) is 3.81. The highest BCUT2D eigenvalue weighted by Crippen LogP contribution is 2.27. The molecule has 0 radical (unpaired) electrons. The van der Waals surface area contributed by atoms with Crippen molar-refractivity contribution in [2.45, 2.75) is 0 Å². The highest BCUT2D eigenvalue weighted by molar-refractivity contribution is 5.87. The summed E-state index contributed by atoms with van der Waals surface area (Å²) in [7, 11) is 0. The van der Waals surface area contributed by atoms with E-state index in [1.165, 1.54) is 24.3 Å². The van der Waals surface area contributed by atoms with Crippen LogP contribution >= 0.6 is 0 Å². The van der Waals surface area contributed by atoms with E-state index in [1.807, 2.05) is 0 Å². The van der Waals surface area contributed by atoms with E-state index in [2.05, 4.69) is 0 Å². The van der Waals surface area contributed by atoms with Crippen molar-refractivity contribution in [1.82, 2.24) is 0 Å². The number of benzene rings is 2. The molecule has 0 aromatic heterocycles. The van der Waals surface area contributed by atoms with Crippen molar-refractivity contribution in [2.75, 3.05) is 0 Å². The van der Waals surface area contributed by atoms with Gasteiger partial charge in [0, 0.05) is 6.07 Å². The van der Waals surface area contributed by atoms with Gasteiger partial charge in [-0.15, -0.1) is 0 Å². The molecule has 102 valence electrons. The van der Waals surface area contributed by atoms with Gasteiger partial charge in [0.15, 0.2) is 11.6 Å². The maximum Gasteiger partial charge on any atom is 0.335 e. The fraction of sp³-hybridized carbons (Fsp3) is 0. The average molecular weight is 277 g/mol. The first kappa shape index (κ1) is 13.5. The predicted molar refractivity (Wildman–Crippen MR) is 66.5 cm³/mol. The summed E-state index contributed by atoms with van der Waals surface area (Å²) in [5.74, 6) is -2.25. The van der Waals surface area contributed by atoms with Gasteiger partial charge in [0.25, 0.3) is 5.69 Å². The molecule has 7 heteroatoms. The Balaban J connectivity index is 2.28. The van der Waals surface area contributed by atoms with E-state index in [0.29, 0.717) is 0 Å². The first-order chi connectivity index (χ1) is 9.47. The number of ether oxygens (including phenoxy) is 1. The minimum atomic E-state index is -1.26. The fourth-order valence-electron chi connectivity index (χ4n) is 1.50. The normalized spacial score (nSPS) is 10.1. The molecule has 2 aromatic rings. The van der Waals surface area contributed by atoms with Crippen molar-refractivity contribution >= 4 is 11.7 Å². The Morgan fingerprint density at radius 2 is 2.00 bits per heavy atom. The third-order valence-electron chi connectivity index (χ3n) is 2.44. The van der Waals surface area contributed by atoms with Crippen molar-refractivity contribution in [1.29, 1.82) is 0 Å². The maximum absolute atomic E-state index is 13.6. The fourth-order valence-corrected chi connectivity index (χ4v) is 1.50. The van der Waals surface area contributed by atoms with Gasteiger partial charge in [-0.1, -0.05) is 6.07 Å². The lowest BCUT2D eigenvalue weighted by atomic mass is 10.2. The molecule has 0 heterocycles. The van der Waals surface area contributed by atoms with E-state index in [0.717, 1.165) is 18.2 Å². The Morgan fingerprint density at radius 3 is 2.60 bits per heavy atom. The molecule has 0 fully saturated rings. The van der Waals surface area contributed by atoms with Crippen molar-refractivity contribution in [2.24, 2.45) is 0 Å². The maximum atomic E-state index is 13.6. The number of non-ortho nitro benzene ring substituents is 1. The Labute approximate surface area is 112 Å². The summed E-state index contributed by atoms with van der Waals surface area (Å²) in [4.78, 5) is 20.7. The van der Waals surface area contributed by atoms with E-state index in [1.54, 1.807) is 0 Å². The van der Waals surface area contributed by atoms with E-state index in [4.69, 9.17) is 9.84 Å². The number of hydrogen-bond donors (Lipinski definition) is 1. The molecule has 1 N–H and O–H groups in total. The summed E-state index contributed by atoms with van der Waals surface area (Å²) in [6.45, 7) is 0. The number of nitro benzene ring substituents is 1. The first-order valence-electron chi connectivity index (χ1n) is 5.42. The Kier molecular flexibility index (Phi) is 3.60. The zero-order chi connectivity index (χ0) is 14.7. The number of carbonyl (C=O) groups is 1.